The van der Waals surface area contributed by atoms with Crippen molar-refractivity contribution in [2.24, 2.45) is 0 Å². The SMILES string of the molecule is CC=CCc1ccc(C(=O)Oc2ccc(C#N)c(F)c2)cc1. The van der Waals surface area contributed by atoms with Crippen molar-refractivity contribution < 1.29 is 13.9 Å². The van der Waals surface area contributed by atoms with Crippen molar-refractivity contribution in [1.82, 2.24) is 0 Å². The van der Waals surface area contributed by atoms with Gasteiger partial charge in [0.25, 0.3) is 0 Å². The fraction of sp³-hybridized carbons (Fsp3) is 0.111. The molecule has 2 aromatic rings. The number of halogens is 1. The summed E-state index contributed by atoms with van der Waals surface area (Å²) in [6.45, 7) is 1.95. The van der Waals surface area contributed by atoms with E-state index in [0.717, 1.165) is 18.1 Å². The molecule has 0 aliphatic carbocycles. The molecule has 0 unspecified atom stereocenters. The molecule has 0 fully saturated rings. The number of carbonyl (C=O) groups excluding carboxylic acids is 1. The van der Waals surface area contributed by atoms with Crippen LogP contribution in [0.15, 0.2) is 54.6 Å². The number of ether oxygens (including phenoxy) is 1. The maximum Gasteiger partial charge on any atom is 0.343 e. The van der Waals surface area contributed by atoms with Crippen LogP contribution in [-0.4, -0.2) is 5.97 Å². The van der Waals surface area contributed by atoms with Crippen molar-refractivity contribution in [2.45, 2.75) is 13.3 Å². The molecule has 0 atom stereocenters. The molecule has 0 aliphatic heterocycles. The van der Waals surface area contributed by atoms with Crippen LogP contribution in [0.5, 0.6) is 5.75 Å². The molecule has 0 aromatic heterocycles. The van der Waals surface area contributed by atoms with Gasteiger partial charge in [0.2, 0.25) is 0 Å². The number of hydrogen-bond acceptors (Lipinski definition) is 3. The highest BCUT2D eigenvalue weighted by molar-refractivity contribution is 5.91. The van der Waals surface area contributed by atoms with E-state index in [-0.39, 0.29) is 11.3 Å². The molecule has 0 N–H and O–H groups in total. The van der Waals surface area contributed by atoms with Gasteiger partial charge in [-0.3, -0.25) is 0 Å². The molecule has 22 heavy (non-hydrogen) atoms. The molecular formula is C18H14FNO2. The van der Waals surface area contributed by atoms with E-state index in [1.54, 1.807) is 18.2 Å². The van der Waals surface area contributed by atoms with Gasteiger partial charge in [0.15, 0.2) is 0 Å². The summed E-state index contributed by atoms with van der Waals surface area (Å²) in [6, 6.07) is 12.4. The highest BCUT2D eigenvalue weighted by atomic mass is 19.1. The number of hydrogen-bond donors (Lipinski definition) is 0. The Kier molecular flexibility index (Phi) is 5.05. The summed E-state index contributed by atoms with van der Waals surface area (Å²) in [6.07, 6.45) is 4.78. The summed E-state index contributed by atoms with van der Waals surface area (Å²) >= 11 is 0. The fourth-order valence-electron chi connectivity index (χ4n) is 1.85. The topological polar surface area (TPSA) is 50.1 Å². The van der Waals surface area contributed by atoms with Crippen LogP contribution >= 0.6 is 0 Å². The Bertz CT molecular complexity index is 743. The summed E-state index contributed by atoms with van der Waals surface area (Å²) in [7, 11) is 0. The van der Waals surface area contributed by atoms with Gasteiger partial charge >= 0.3 is 5.97 Å². The first-order valence-corrected chi connectivity index (χ1v) is 6.76. The maximum atomic E-state index is 13.5. The molecule has 0 saturated heterocycles. The average Bonchev–Trinajstić information content (AvgIpc) is 2.53. The number of esters is 1. The number of rotatable bonds is 4. The Labute approximate surface area is 128 Å². The number of allylic oxidation sites excluding steroid dienone is 2. The van der Waals surface area contributed by atoms with Gasteiger partial charge in [-0.1, -0.05) is 24.3 Å². The minimum atomic E-state index is -0.713. The first-order valence-electron chi connectivity index (χ1n) is 6.76. The van der Waals surface area contributed by atoms with Crippen molar-refractivity contribution in [3.63, 3.8) is 0 Å². The second-order valence-electron chi connectivity index (χ2n) is 4.61. The monoisotopic (exact) mass is 295 g/mol. The zero-order valence-corrected chi connectivity index (χ0v) is 12.0. The van der Waals surface area contributed by atoms with Gasteiger partial charge in [0.05, 0.1) is 11.1 Å². The van der Waals surface area contributed by atoms with Gasteiger partial charge in [0.1, 0.15) is 17.6 Å². The standard InChI is InChI=1S/C18H14FNO2/c1-2-3-4-13-5-7-14(8-6-13)18(21)22-16-10-9-15(12-20)17(19)11-16/h2-3,5-11H,4H2,1H3. The van der Waals surface area contributed by atoms with Gasteiger partial charge in [-0.2, -0.15) is 5.26 Å². The highest BCUT2D eigenvalue weighted by Crippen LogP contribution is 2.17. The van der Waals surface area contributed by atoms with Crippen LogP contribution in [0, 0.1) is 17.1 Å². The molecule has 0 amide bonds. The predicted octanol–water partition coefficient (Wildman–Crippen LogP) is 4.04. The summed E-state index contributed by atoms with van der Waals surface area (Å²) in [4.78, 5) is 12.0. The Balaban J connectivity index is 2.09. The summed E-state index contributed by atoms with van der Waals surface area (Å²) < 4.78 is 18.6. The predicted molar refractivity (Wildman–Crippen MR) is 81.0 cm³/mol. The lowest BCUT2D eigenvalue weighted by Gasteiger charge is -2.05. The molecule has 4 heteroatoms. The maximum absolute atomic E-state index is 13.5. The molecule has 0 saturated carbocycles. The molecule has 0 heterocycles. The lowest BCUT2D eigenvalue weighted by atomic mass is 10.1. The second kappa shape index (κ2) is 7.19. The molecule has 0 radical (unpaired) electrons. The summed E-state index contributed by atoms with van der Waals surface area (Å²) in [5, 5.41) is 8.65. The van der Waals surface area contributed by atoms with Crippen LogP contribution in [0.2, 0.25) is 0 Å². The zero-order valence-electron chi connectivity index (χ0n) is 12.0. The van der Waals surface area contributed by atoms with E-state index < -0.39 is 11.8 Å². The molecule has 2 rings (SSSR count). The second-order valence-corrected chi connectivity index (χ2v) is 4.61. The molecule has 0 spiro atoms. The third-order valence-electron chi connectivity index (χ3n) is 3.05. The number of nitriles is 1. The van der Waals surface area contributed by atoms with Crippen LogP contribution < -0.4 is 4.74 Å². The lowest BCUT2D eigenvalue weighted by Crippen LogP contribution is -2.08. The number of nitrogens with zero attached hydrogens (tertiary/aromatic N) is 1. The third kappa shape index (κ3) is 3.80. The van der Waals surface area contributed by atoms with Crippen molar-refractivity contribution >= 4 is 5.97 Å². The van der Waals surface area contributed by atoms with E-state index in [0.29, 0.717) is 5.56 Å². The zero-order chi connectivity index (χ0) is 15.9. The van der Waals surface area contributed by atoms with E-state index in [4.69, 9.17) is 10.00 Å². The van der Waals surface area contributed by atoms with Gasteiger partial charge in [-0.05, 0) is 43.2 Å². The van der Waals surface area contributed by atoms with Gasteiger partial charge in [-0.15, -0.1) is 0 Å². The molecule has 110 valence electrons. The summed E-state index contributed by atoms with van der Waals surface area (Å²) in [5.41, 5.74) is 1.38. The molecule has 3 nitrogen and oxygen atoms in total. The van der Waals surface area contributed by atoms with Crippen molar-refractivity contribution in [3.8, 4) is 11.8 Å². The Morgan fingerprint density at radius 2 is 2.00 bits per heavy atom. The third-order valence-corrected chi connectivity index (χ3v) is 3.05. The van der Waals surface area contributed by atoms with Crippen molar-refractivity contribution in [2.75, 3.05) is 0 Å². The minimum Gasteiger partial charge on any atom is -0.423 e. The smallest absolute Gasteiger partial charge is 0.343 e. The quantitative estimate of drug-likeness (QED) is 0.486. The van der Waals surface area contributed by atoms with E-state index in [2.05, 4.69) is 0 Å². The summed E-state index contributed by atoms with van der Waals surface area (Å²) in [5.74, 6) is -1.21. The lowest BCUT2D eigenvalue weighted by molar-refractivity contribution is 0.0734. The van der Waals surface area contributed by atoms with Gasteiger partial charge in [0, 0.05) is 6.07 Å². The van der Waals surface area contributed by atoms with Crippen LogP contribution in [0.4, 0.5) is 4.39 Å². The van der Waals surface area contributed by atoms with Crippen LogP contribution in [0.25, 0.3) is 0 Å². The average molecular weight is 295 g/mol. The Morgan fingerprint density at radius 3 is 2.59 bits per heavy atom. The Hall–Kier alpha value is -2.93. The normalized spacial score (nSPS) is 10.4. The van der Waals surface area contributed by atoms with Crippen LogP contribution in [0.1, 0.15) is 28.4 Å². The first-order chi connectivity index (χ1) is 10.6. The van der Waals surface area contributed by atoms with Crippen LogP contribution in [-0.2, 0) is 6.42 Å². The minimum absolute atomic E-state index is 0.0690. The van der Waals surface area contributed by atoms with E-state index in [1.807, 2.05) is 31.2 Å². The van der Waals surface area contributed by atoms with E-state index >= 15 is 0 Å². The highest BCUT2D eigenvalue weighted by Gasteiger charge is 2.10. The van der Waals surface area contributed by atoms with Crippen molar-refractivity contribution in [1.29, 1.82) is 5.26 Å². The Morgan fingerprint density at radius 1 is 1.27 bits per heavy atom. The van der Waals surface area contributed by atoms with E-state index in [9.17, 15) is 9.18 Å². The molecular weight excluding hydrogens is 281 g/mol. The van der Waals surface area contributed by atoms with Gasteiger partial charge in [-0.25, -0.2) is 9.18 Å². The largest absolute Gasteiger partial charge is 0.423 e. The first kappa shape index (κ1) is 15.5. The molecule has 0 aliphatic rings. The molecule has 2 aromatic carbocycles. The fourth-order valence-corrected chi connectivity index (χ4v) is 1.85. The molecule has 0 bridgehead atoms. The van der Waals surface area contributed by atoms with Crippen molar-refractivity contribution in [3.05, 3.63) is 77.1 Å². The van der Waals surface area contributed by atoms with Gasteiger partial charge < -0.3 is 4.74 Å². The number of benzene rings is 2. The number of carbonyl (C=O) groups is 1. The van der Waals surface area contributed by atoms with Crippen LogP contribution in [0.3, 0.4) is 0 Å². The van der Waals surface area contributed by atoms with E-state index in [1.165, 1.54) is 12.1 Å².